The number of pyridine rings is 2. The van der Waals surface area contributed by atoms with Crippen molar-refractivity contribution in [2.45, 2.75) is 44.7 Å². The number of hydrogen-bond acceptors (Lipinski definition) is 5. The number of ether oxygens (including phenoxy) is 1. The summed E-state index contributed by atoms with van der Waals surface area (Å²) in [6, 6.07) is 9.62. The normalized spacial score (nSPS) is 15.3. The Labute approximate surface area is 230 Å². The molecule has 2 amide bonds. The van der Waals surface area contributed by atoms with Crippen LogP contribution in [-0.4, -0.2) is 49.6 Å². The molecule has 12 heteroatoms. The van der Waals surface area contributed by atoms with Crippen LogP contribution in [0, 0.1) is 12.9 Å². The first-order valence-corrected chi connectivity index (χ1v) is 16.4. The van der Waals surface area contributed by atoms with Crippen LogP contribution in [0.4, 0.5) is 28.9 Å². The van der Waals surface area contributed by atoms with Gasteiger partial charge in [-0.1, -0.05) is 25.7 Å². The maximum absolute atomic E-state index is 15.4. The Balaban J connectivity index is 1.67. The molecule has 1 aliphatic rings. The van der Waals surface area contributed by atoms with Crippen molar-refractivity contribution >= 4 is 31.3 Å². The quantitative estimate of drug-likeness (QED) is 0.154. The SMILES string of the molecule is Cc1cc2c(c(F)n1)-c1cccnc1C(COCC[Si](C)(C)C)C(=O)N2CC(=O)Nc1ccc(C(F)(F)F)cc1. The third-order valence-corrected chi connectivity index (χ3v) is 8.16. The fourth-order valence-electron chi connectivity index (χ4n) is 4.39. The van der Waals surface area contributed by atoms with E-state index in [2.05, 4.69) is 34.9 Å². The van der Waals surface area contributed by atoms with Gasteiger partial charge in [0.1, 0.15) is 12.5 Å². The Hall–Kier alpha value is -3.64. The van der Waals surface area contributed by atoms with Crippen LogP contribution in [0.3, 0.4) is 0 Å². The maximum atomic E-state index is 15.4. The van der Waals surface area contributed by atoms with Gasteiger partial charge in [0, 0.05) is 37.8 Å². The zero-order chi connectivity index (χ0) is 29.2. The summed E-state index contributed by atoms with van der Waals surface area (Å²) in [6.45, 7) is 8.08. The maximum Gasteiger partial charge on any atom is 0.416 e. The molecule has 1 N–H and O–H groups in total. The van der Waals surface area contributed by atoms with Crippen molar-refractivity contribution in [2.24, 2.45) is 0 Å². The lowest BCUT2D eigenvalue weighted by Crippen LogP contribution is -2.41. The van der Waals surface area contributed by atoms with Crippen molar-refractivity contribution in [3.05, 3.63) is 71.6 Å². The second-order valence-electron chi connectivity index (χ2n) is 10.9. The second kappa shape index (κ2) is 11.5. The first-order chi connectivity index (χ1) is 18.7. The van der Waals surface area contributed by atoms with Gasteiger partial charge >= 0.3 is 6.18 Å². The fourth-order valence-corrected chi connectivity index (χ4v) is 5.15. The highest BCUT2D eigenvalue weighted by atomic mass is 28.3. The third kappa shape index (κ3) is 6.73. The number of benzene rings is 1. The lowest BCUT2D eigenvalue weighted by atomic mass is 9.97. The van der Waals surface area contributed by atoms with Crippen molar-refractivity contribution in [2.75, 3.05) is 30.0 Å². The Kier molecular flexibility index (Phi) is 8.40. The number of nitrogens with zero attached hydrogens (tertiary/aromatic N) is 3. The number of anilines is 2. The summed E-state index contributed by atoms with van der Waals surface area (Å²) in [5.74, 6) is -2.93. The molecule has 0 fully saturated rings. The molecule has 1 aromatic carbocycles. The predicted octanol–water partition coefficient (Wildman–Crippen LogP) is 6.03. The van der Waals surface area contributed by atoms with Crippen LogP contribution in [0.15, 0.2) is 48.7 Å². The van der Waals surface area contributed by atoms with Crippen LogP contribution >= 0.6 is 0 Å². The molecule has 0 saturated carbocycles. The predicted molar refractivity (Wildman–Crippen MR) is 146 cm³/mol. The number of carbonyl (C=O) groups is 2. The minimum atomic E-state index is -4.52. The molecule has 3 aromatic rings. The van der Waals surface area contributed by atoms with Crippen LogP contribution < -0.4 is 10.2 Å². The fraction of sp³-hybridized carbons (Fsp3) is 0.357. The number of halogens is 4. The van der Waals surface area contributed by atoms with E-state index >= 15 is 4.39 Å². The average molecular weight is 575 g/mol. The van der Waals surface area contributed by atoms with Gasteiger partial charge < -0.3 is 15.0 Å². The monoisotopic (exact) mass is 574 g/mol. The molecule has 0 spiro atoms. The Morgan fingerprint density at radius 3 is 2.50 bits per heavy atom. The molecule has 4 rings (SSSR count). The number of rotatable bonds is 8. The van der Waals surface area contributed by atoms with E-state index in [4.69, 9.17) is 4.74 Å². The topological polar surface area (TPSA) is 84.4 Å². The van der Waals surface area contributed by atoms with Gasteiger partial charge in [0.15, 0.2) is 0 Å². The smallest absolute Gasteiger partial charge is 0.381 e. The van der Waals surface area contributed by atoms with E-state index in [0.717, 1.165) is 30.3 Å². The number of hydrogen-bond donors (Lipinski definition) is 1. The lowest BCUT2D eigenvalue weighted by molar-refractivity contribution is -0.137. The van der Waals surface area contributed by atoms with Crippen molar-refractivity contribution < 1.29 is 31.9 Å². The van der Waals surface area contributed by atoms with Gasteiger partial charge in [-0.25, -0.2) is 4.98 Å². The summed E-state index contributed by atoms with van der Waals surface area (Å²) < 4.78 is 60.0. The minimum absolute atomic E-state index is 0.0215. The minimum Gasteiger partial charge on any atom is -0.381 e. The number of amides is 2. The number of fused-ring (bicyclic) bond motifs is 3. The molecule has 3 heterocycles. The van der Waals surface area contributed by atoms with Gasteiger partial charge in [0.25, 0.3) is 0 Å². The number of nitrogens with one attached hydrogen (secondary N) is 1. The summed E-state index contributed by atoms with van der Waals surface area (Å²) in [5.41, 5.74) is 0.437. The molecule has 2 aromatic heterocycles. The summed E-state index contributed by atoms with van der Waals surface area (Å²) in [4.78, 5) is 36.6. The number of carbonyl (C=O) groups excluding carboxylic acids is 2. The van der Waals surface area contributed by atoms with Crippen LogP contribution in [0.1, 0.15) is 22.9 Å². The molecule has 1 atom stereocenters. The molecule has 0 radical (unpaired) electrons. The average Bonchev–Trinajstić information content (AvgIpc) is 2.94. The van der Waals surface area contributed by atoms with Crippen molar-refractivity contribution in [3.63, 3.8) is 0 Å². The van der Waals surface area contributed by atoms with Gasteiger partial charge in [-0.05, 0) is 49.4 Å². The highest BCUT2D eigenvalue weighted by Crippen LogP contribution is 2.41. The molecule has 0 saturated heterocycles. The van der Waals surface area contributed by atoms with E-state index < -0.39 is 50.0 Å². The van der Waals surface area contributed by atoms with E-state index in [1.54, 1.807) is 19.1 Å². The first kappa shape index (κ1) is 29.3. The van der Waals surface area contributed by atoms with Crippen molar-refractivity contribution in [1.29, 1.82) is 0 Å². The second-order valence-corrected chi connectivity index (χ2v) is 16.5. The number of aromatic nitrogens is 2. The van der Waals surface area contributed by atoms with E-state index in [0.29, 0.717) is 23.6 Å². The van der Waals surface area contributed by atoms with Crippen molar-refractivity contribution in [3.8, 4) is 11.1 Å². The molecule has 0 bridgehead atoms. The molecule has 1 unspecified atom stereocenters. The van der Waals surface area contributed by atoms with E-state index in [1.807, 2.05) is 0 Å². The van der Waals surface area contributed by atoms with Gasteiger partial charge in [0.2, 0.25) is 17.8 Å². The van der Waals surface area contributed by atoms with Gasteiger partial charge in [-0.3, -0.25) is 14.6 Å². The Morgan fingerprint density at radius 2 is 1.85 bits per heavy atom. The number of alkyl halides is 3. The van der Waals surface area contributed by atoms with E-state index in [9.17, 15) is 22.8 Å². The van der Waals surface area contributed by atoms with E-state index in [1.165, 1.54) is 17.2 Å². The van der Waals surface area contributed by atoms with Gasteiger partial charge in [0.05, 0.1) is 29.1 Å². The molecule has 7 nitrogen and oxygen atoms in total. The van der Waals surface area contributed by atoms with Crippen LogP contribution in [0.2, 0.25) is 25.7 Å². The summed E-state index contributed by atoms with van der Waals surface area (Å²) in [5, 5.41) is 2.52. The van der Waals surface area contributed by atoms with E-state index in [-0.39, 0.29) is 23.5 Å². The van der Waals surface area contributed by atoms with Crippen LogP contribution in [0.25, 0.3) is 11.1 Å². The summed E-state index contributed by atoms with van der Waals surface area (Å²) in [7, 11) is -1.40. The highest BCUT2D eigenvalue weighted by Gasteiger charge is 2.38. The highest BCUT2D eigenvalue weighted by molar-refractivity contribution is 6.76. The molecular formula is C28H30F4N4O3Si. The first-order valence-electron chi connectivity index (χ1n) is 12.7. The Bertz CT molecular complexity index is 1410. The van der Waals surface area contributed by atoms with Gasteiger partial charge in [-0.2, -0.15) is 17.6 Å². The lowest BCUT2D eigenvalue weighted by Gasteiger charge is -2.26. The molecule has 0 aliphatic carbocycles. The standard InChI is InChI=1S/C28H30F4N4O3Si/c1-17-14-22-24(26(29)34-17)20-6-5-11-33-25(20)21(16-39-12-13-40(2,3)4)27(38)36(22)15-23(37)35-19-9-7-18(8-10-19)28(30,31)32/h5-11,14,21H,12-13,15-16H2,1-4H3,(H,35,37). The number of aryl methyl sites for hydroxylation is 1. The van der Waals surface area contributed by atoms with Crippen LogP contribution in [-0.2, 0) is 20.5 Å². The Morgan fingerprint density at radius 1 is 1.15 bits per heavy atom. The zero-order valence-electron chi connectivity index (χ0n) is 22.6. The summed E-state index contributed by atoms with van der Waals surface area (Å²) in [6.07, 6.45) is -3.01. The summed E-state index contributed by atoms with van der Waals surface area (Å²) >= 11 is 0. The largest absolute Gasteiger partial charge is 0.416 e. The zero-order valence-corrected chi connectivity index (χ0v) is 23.6. The molecule has 40 heavy (non-hydrogen) atoms. The van der Waals surface area contributed by atoms with Crippen LogP contribution in [0.5, 0.6) is 0 Å². The molecule has 1 aliphatic heterocycles. The third-order valence-electron chi connectivity index (χ3n) is 6.45. The molecular weight excluding hydrogens is 544 g/mol. The van der Waals surface area contributed by atoms with Crippen molar-refractivity contribution in [1.82, 2.24) is 9.97 Å². The molecule has 212 valence electrons. The van der Waals surface area contributed by atoms with Gasteiger partial charge in [-0.15, -0.1) is 0 Å².